The van der Waals surface area contributed by atoms with Crippen molar-refractivity contribution in [1.29, 1.82) is 0 Å². The fourth-order valence-electron chi connectivity index (χ4n) is 2.44. The van der Waals surface area contributed by atoms with Gasteiger partial charge in [-0.05, 0) is 30.7 Å². The van der Waals surface area contributed by atoms with E-state index in [1.165, 1.54) is 0 Å². The molecule has 0 amide bonds. The lowest BCUT2D eigenvalue weighted by Crippen LogP contribution is -2.20. The zero-order chi connectivity index (χ0) is 19.5. The highest BCUT2D eigenvalue weighted by Crippen LogP contribution is 2.37. The highest BCUT2D eigenvalue weighted by atomic mass is 35.5. The normalized spacial score (nSPS) is 10.4. The molecule has 0 unspecified atom stereocenters. The first-order chi connectivity index (χ1) is 13.2. The first kappa shape index (κ1) is 24.8. The molecule has 5 nitrogen and oxygen atoms in total. The quantitative estimate of drug-likeness (QED) is 0.467. The standard InChI is InChI=1S/C20H25Cl2NO4.ClH/c1-2-26-19-12-15(13-23-7-9-25-10-8-24)11-18(22)20(19)27-14-16-5-3-4-6-17(16)21;/h3-6,11-12,23-24H,2,7-10,13-14H2,1H3;1H. The van der Waals surface area contributed by atoms with Crippen LogP contribution >= 0.6 is 35.6 Å². The van der Waals surface area contributed by atoms with Crippen molar-refractivity contribution >= 4 is 35.6 Å². The van der Waals surface area contributed by atoms with Crippen LogP contribution < -0.4 is 14.8 Å². The van der Waals surface area contributed by atoms with Gasteiger partial charge in [-0.1, -0.05) is 41.4 Å². The van der Waals surface area contributed by atoms with E-state index in [0.717, 1.165) is 11.1 Å². The van der Waals surface area contributed by atoms with E-state index in [4.69, 9.17) is 42.5 Å². The van der Waals surface area contributed by atoms with E-state index in [1.54, 1.807) is 0 Å². The van der Waals surface area contributed by atoms with Crippen LogP contribution in [0, 0.1) is 0 Å². The Morgan fingerprint density at radius 1 is 1.04 bits per heavy atom. The van der Waals surface area contributed by atoms with Crippen LogP contribution in [0.3, 0.4) is 0 Å². The Morgan fingerprint density at radius 2 is 1.82 bits per heavy atom. The van der Waals surface area contributed by atoms with Crippen LogP contribution in [0.4, 0.5) is 0 Å². The number of halogens is 3. The van der Waals surface area contributed by atoms with Crippen LogP contribution in [0.5, 0.6) is 11.5 Å². The molecule has 0 aromatic heterocycles. The van der Waals surface area contributed by atoms with Gasteiger partial charge >= 0.3 is 0 Å². The van der Waals surface area contributed by atoms with Crippen LogP contribution in [-0.2, 0) is 17.9 Å². The van der Waals surface area contributed by atoms with Crippen molar-refractivity contribution in [3.63, 3.8) is 0 Å². The summed E-state index contributed by atoms with van der Waals surface area (Å²) in [6, 6.07) is 11.3. The zero-order valence-corrected chi connectivity index (χ0v) is 18.1. The minimum Gasteiger partial charge on any atom is -0.490 e. The summed E-state index contributed by atoms with van der Waals surface area (Å²) in [6.07, 6.45) is 0. The van der Waals surface area contributed by atoms with Gasteiger partial charge in [0.1, 0.15) is 6.61 Å². The van der Waals surface area contributed by atoms with E-state index in [9.17, 15) is 0 Å². The smallest absolute Gasteiger partial charge is 0.180 e. The largest absolute Gasteiger partial charge is 0.490 e. The van der Waals surface area contributed by atoms with Crippen molar-refractivity contribution < 1.29 is 19.3 Å². The average Bonchev–Trinajstić information content (AvgIpc) is 2.65. The Labute approximate surface area is 182 Å². The maximum absolute atomic E-state index is 8.68. The van der Waals surface area contributed by atoms with Gasteiger partial charge in [0.25, 0.3) is 0 Å². The monoisotopic (exact) mass is 449 g/mol. The second-order valence-corrected chi connectivity index (χ2v) is 6.55. The predicted octanol–water partition coefficient (Wildman–Crippen LogP) is 4.49. The molecular weight excluding hydrogens is 425 g/mol. The summed E-state index contributed by atoms with van der Waals surface area (Å²) in [6.45, 7) is 4.92. The van der Waals surface area contributed by atoms with Gasteiger partial charge in [-0.3, -0.25) is 0 Å². The number of hydrogen-bond acceptors (Lipinski definition) is 5. The molecule has 0 spiro atoms. The Balaban J connectivity index is 0.00000392. The number of ether oxygens (including phenoxy) is 3. The molecule has 0 fully saturated rings. The zero-order valence-electron chi connectivity index (χ0n) is 15.7. The summed E-state index contributed by atoms with van der Waals surface area (Å²) in [4.78, 5) is 0. The number of hydrogen-bond donors (Lipinski definition) is 2. The van der Waals surface area contributed by atoms with Crippen molar-refractivity contribution in [3.05, 3.63) is 57.6 Å². The topological polar surface area (TPSA) is 60.0 Å². The molecule has 0 saturated carbocycles. The van der Waals surface area contributed by atoms with Crippen molar-refractivity contribution in [3.8, 4) is 11.5 Å². The molecule has 0 saturated heterocycles. The van der Waals surface area contributed by atoms with Crippen molar-refractivity contribution in [2.24, 2.45) is 0 Å². The molecular formula is C20H26Cl3NO4. The maximum Gasteiger partial charge on any atom is 0.180 e. The number of aliphatic hydroxyl groups excluding tert-OH is 1. The van der Waals surface area contributed by atoms with E-state index >= 15 is 0 Å². The second kappa shape index (κ2) is 13.9. The molecule has 2 N–H and O–H groups in total. The minimum atomic E-state index is 0. The average molecular weight is 451 g/mol. The van der Waals surface area contributed by atoms with E-state index < -0.39 is 0 Å². The van der Waals surface area contributed by atoms with E-state index in [2.05, 4.69) is 5.32 Å². The molecule has 0 bridgehead atoms. The Kier molecular flexibility index (Phi) is 12.3. The lowest BCUT2D eigenvalue weighted by molar-refractivity contribution is 0.0938. The molecule has 0 aliphatic carbocycles. The molecule has 0 aliphatic rings. The Bertz CT molecular complexity index is 716. The highest BCUT2D eigenvalue weighted by molar-refractivity contribution is 6.32. The first-order valence-electron chi connectivity index (χ1n) is 8.86. The SMILES string of the molecule is CCOc1cc(CNCCOCCO)cc(Cl)c1OCc1ccccc1Cl.Cl. The van der Waals surface area contributed by atoms with Crippen LogP contribution in [0.2, 0.25) is 10.0 Å². The Morgan fingerprint density at radius 3 is 2.54 bits per heavy atom. The van der Waals surface area contributed by atoms with Gasteiger partial charge < -0.3 is 24.6 Å². The summed E-state index contributed by atoms with van der Waals surface area (Å²) in [5.41, 5.74) is 1.86. The molecule has 0 aliphatic heterocycles. The van der Waals surface area contributed by atoms with Gasteiger partial charge in [-0.2, -0.15) is 0 Å². The first-order valence-corrected chi connectivity index (χ1v) is 9.62. The number of aliphatic hydroxyl groups is 1. The lowest BCUT2D eigenvalue weighted by atomic mass is 10.2. The van der Waals surface area contributed by atoms with E-state index in [0.29, 0.717) is 61.1 Å². The molecule has 28 heavy (non-hydrogen) atoms. The van der Waals surface area contributed by atoms with Crippen LogP contribution in [0.1, 0.15) is 18.1 Å². The molecule has 0 radical (unpaired) electrons. The van der Waals surface area contributed by atoms with Crippen molar-refractivity contribution in [2.45, 2.75) is 20.1 Å². The number of rotatable bonds is 12. The number of nitrogens with one attached hydrogen (secondary N) is 1. The fraction of sp³-hybridized carbons (Fsp3) is 0.400. The third kappa shape index (κ3) is 8.03. The van der Waals surface area contributed by atoms with Gasteiger partial charge in [0.15, 0.2) is 11.5 Å². The summed E-state index contributed by atoms with van der Waals surface area (Å²) in [7, 11) is 0. The third-order valence-electron chi connectivity index (χ3n) is 3.69. The summed E-state index contributed by atoms with van der Waals surface area (Å²) >= 11 is 12.6. The van der Waals surface area contributed by atoms with Gasteiger partial charge in [0.2, 0.25) is 0 Å². The molecule has 0 atom stereocenters. The molecule has 0 heterocycles. The van der Waals surface area contributed by atoms with Crippen LogP contribution in [0.25, 0.3) is 0 Å². The lowest BCUT2D eigenvalue weighted by Gasteiger charge is -2.16. The molecule has 2 rings (SSSR count). The molecule has 2 aromatic rings. The number of benzene rings is 2. The van der Waals surface area contributed by atoms with E-state index in [1.807, 2.05) is 43.3 Å². The van der Waals surface area contributed by atoms with Crippen LogP contribution in [-0.4, -0.2) is 38.1 Å². The van der Waals surface area contributed by atoms with Crippen LogP contribution in [0.15, 0.2) is 36.4 Å². The molecule has 156 valence electrons. The van der Waals surface area contributed by atoms with Gasteiger partial charge in [0, 0.05) is 23.7 Å². The highest BCUT2D eigenvalue weighted by Gasteiger charge is 2.13. The summed E-state index contributed by atoms with van der Waals surface area (Å²) < 4.78 is 16.8. The van der Waals surface area contributed by atoms with E-state index in [-0.39, 0.29) is 19.0 Å². The minimum absolute atomic E-state index is 0. The van der Waals surface area contributed by atoms with Gasteiger partial charge in [-0.15, -0.1) is 12.4 Å². The Hall–Kier alpha value is -1.21. The van der Waals surface area contributed by atoms with Crippen molar-refractivity contribution in [2.75, 3.05) is 33.0 Å². The van der Waals surface area contributed by atoms with Gasteiger partial charge in [0.05, 0.1) is 31.5 Å². The summed E-state index contributed by atoms with van der Waals surface area (Å²) in [5, 5.41) is 13.1. The summed E-state index contributed by atoms with van der Waals surface area (Å²) in [5.74, 6) is 1.11. The maximum atomic E-state index is 8.68. The molecule has 2 aromatic carbocycles. The molecule has 8 heteroatoms. The second-order valence-electron chi connectivity index (χ2n) is 5.73. The van der Waals surface area contributed by atoms with Gasteiger partial charge in [-0.25, -0.2) is 0 Å². The third-order valence-corrected chi connectivity index (χ3v) is 4.34. The predicted molar refractivity (Wildman–Crippen MR) is 115 cm³/mol. The van der Waals surface area contributed by atoms with Crippen molar-refractivity contribution in [1.82, 2.24) is 5.32 Å². The fourth-order valence-corrected chi connectivity index (χ4v) is 2.91.